The molecule has 0 aromatic carbocycles. The van der Waals surface area contributed by atoms with Gasteiger partial charge in [-0.05, 0) is 12.1 Å². The maximum Gasteiger partial charge on any atom is 0.126 e. The van der Waals surface area contributed by atoms with Crippen LogP contribution in [0.5, 0.6) is 0 Å². The molecule has 0 fully saturated rings. The molecule has 0 aliphatic heterocycles. The smallest absolute Gasteiger partial charge is 0.126 e. The van der Waals surface area contributed by atoms with Crippen LogP contribution in [0.4, 0.5) is 4.39 Å². The molecule has 1 N–H and O–H groups in total. The molecule has 0 aliphatic rings. The standard InChI is InChI=1S/C8H6FN3/c9-6-1-3-10-8(5-6)7-2-4-11-12-7/h1-5H,(H,11,12). The van der Waals surface area contributed by atoms with Gasteiger partial charge in [0, 0.05) is 18.5 Å². The van der Waals surface area contributed by atoms with E-state index in [1.165, 1.54) is 18.3 Å². The Morgan fingerprint density at radius 1 is 1.25 bits per heavy atom. The fourth-order valence-electron chi connectivity index (χ4n) is 0.948. The normalized spacial score (nSPS) is 10.1. The summed E-state index contributed by atoms with van der Waals surface area (Å²) in [5.74, 6) is -0.303. The quantitative estimate of drug-likeness (QED) is 0.693. The molecule has 0 saturated heterocycles. The van der Waals surface area contributed by atoms with E-state index >= 15 is 0 Å². The van der Waals surface area contributed by atoms with Gasteiger partial charge in [0.25, 0.3) is 0 Å². The summed E-state index contributed by atoms with van der Waals surface area (Å²) in [4.78, 5) is 3.96. The predicted octanol–water partition coefficient (Wildman–Crippen LogP) is 1.61. The first kappa shape index (κ1) is 6.97. The monoisotopic (exact) mass is 163 g/mol. The zero-order valence-corrected chi connectivity index (χ0v) is 6.16. The number of hydrogen-bond donors (Lipinski definition) is 1. The van der Waals surface area contributed by atoms with Crippen LogP contribution >= 0.6 is 0 Å². The van der Waals surface area contributed by atoms with Crippen LogP contribution in [0.15, 0.2) is 30.6 Å². The maximum absolute atomic E-state index is 12.7. The molecule has 0 saturated carbocycles. The number of nitrogens with zero attached hydrogens (tertiary/aromatic N) is 2. The summed E-state index contributed by atoms with van der Waals surface area (Å²) in [7, 11) is 0. The summed E-state index contributed by atoms with van der Waals surface area (Å²) >= 11 is 0. The summed E-state index contributed by atoms with van der Waals surface area (Å²) in [5.41, 5.74) is 1.19. The summed E-state index contributed by atoms with van der Waals surface area (Å²) in [5, 5.41) is 6.51. The van der Waals surface area contributed by atoms with Gasteiger partial charge in [0.1, 0.15) is 11.5 Å². The van der Waals surface area contributed by atoms with E-state index < -0.39 is 0 Å². The van der Waals surface area contributed by atoms with Crippen LogP contribution in [0.25, 0.3) is 11.4 Å². The van der Waals surface area contributed by atoms with Crippen LogP contribution in [-0.2, 0) is 0 Å². The van der Waals surface area contributed by atoms with Crippen LogP contribution < -0.4 is 0 Å². The summed E-state index contributed by atoms with van der Waals surface area (Å²) in [6.45, 7) is 0. The Bertz CT molecular complexity index is 370. The van der Waals surface area contributed by atoms with E-state index in [9.17, 15) is 4.39 Å². The third-order valence-electron chi connectivity index (χ3n) is 1.49. The molecule has 0 amide bonds. The molecule has 2 rings (SSSR count). The van der Waals surface area contributed by atoms with Gasteiger partial charge in [-0.25, -0.2) is 4.39 Å². The molecule has 0 aliphatic carbocycles. The Morgan fingerprint density at radius 3 is 2.83 bits per heavy atom. The summed E-state index contributed by atoms with van der Waals surface area (Å²) < 4.78 is 12.7. The van der Waals surface area contributed by atoms with Crippen LogP contribution in [0.3, 0.4) is 0 Å². The van der Waals surface area contributed by atoms with Gasteiger partial charge in [0.15, 0.2) is 0 Å². The van der Waals surface area contributed by atoms with E-state index in [1.807, 2.05) is 0 Å². The average molecular weight is 163 g/mol. The molecule has 60 valence electrons. The van der Waals surface area contributed by atoms with Crippen molar-refractivity contribution >= 4 is 0 Å². The fraction of sp³-hybridized carbons (Fsp3) is 0. The van der Waals surface area contributed by atoms with E-state index in [4.69, 9.17) is 0 Å². The zero-order valence-electron chi connectivity index (χ0n) is 6.16. The molecule has 0 bridgehead atoms. The Balaban J connectivity index is 2.48. The third kappa shape index (κ3) is 1.18. The second-order valence-electron chi connectivity index (χ2n) is 2.32. The lowest BCUT2D eigenvalue weighted by molar-refractivity contribution is 0.626. The Hall–Kier alpha value is -1.71. The van der Waals surface area contributed by atoms with Gasteiger partial charge in [-0.1, -0.05) is 0 Å². The van der Waals surface area contributed by atoms with E-state index in [1.54, 1.807) is 12.3 Å². The molecule has 2 heterocycles. The van der Waals surface area contributed by atoms with Crippen LogP contribution in [0, 0.1) is 5.82 Å². The Kier molecular flexibility index (Phi) is 1.59. The van der Waals surface area contributed by atoms with Crippen molar-refractivity contribution in [2.75, 3.05) is 0 Å². The number of rotatable bonds is 1. The molecule has 0 radical (unpaired) electrons. The first-order chi connectivity index (χ1) is 5.86. The van der Waals surface area contributed by atoms with Crippen molar-refractivity contribution in [2.45, 2.75) is 0 Å². The molecule has 4 heteroatoms. The topological polar surface area (TPSA) is 41.6 Å². The van der Waals surface area contributed by atoms with Crippen molar-refractivity contribution < 1.29 is 4.39 Å². The SMILES string of the molecule is Fc1ccnc(-c2cc[nH]n2)c1. The van der Waals surface area contributed by atoms with Crippen molar-refractivity contribution in [1.82, 2.24) is 15.2 Å². The van der Waals surface area contributed by atoms with Crippen molar-refractivity contribution in [3.63, 3.8) is 0 Å². The lowest BCUT2D eigenvalue weighted by Gasteiger charge is -1.93. The van der Waals surface area contributed by atoms with Crippen molar-refractivity contribution in [3.05, 3.63) is 36.4 Å². The second kappa shape index (κ2) is 2.73. The van der Waals surface area contributed by atoms with Gasteiger partial charge in [0.2, 0.25) is 0 Å². The lowest BCUT2D eigenvalue weighted by atomic mass is 10.3. The average Bonchev–Trinajstić information content (AvgIpc) is 2.56. The molecular weight excluding hydrogens is 157 g/mol. The van der Waals surface area contributed by atoms with Crippen LogP contribution in [0.2, 0.25) is 0 Å². The number of pyridine rings is 1. The molecule has 0 unspecified atom stereocenters. The fourth-order valence-corrected chi connectivity index (χ4v) is 0.948. The highest BCUT2D eigenvalue weighted by molar-refractivity contribution is 5.52. The van der Waals surface area contributed by atoms with Crippen molar-refractivity contribution in [2.24, 2.45) is 0 Å². The largest absolute Gasteiger partial charge is 0.285 e. The molecule has 0 atom stereocenters. The maximum atomic E-state index is 12.7. The predicted molar refractivity (Wildman–Crippen MR) is 41.8 cm³/mol. The van der Waals surface area contributed by atoms with Gasteiger partial charge in [-0.3, -0.25) is 10.1 Å². The van der Waals surface area contributed by atoms with Gasteiger partial charge < -0.3 is 0 Å². The first-order valence-corrected chi connectivity index (χ1v) is 3.48. The van der Waals surface area contributed by atoms with Crippen molar-refractivity contribution in [1.29, 1.82) is 0 Å². The number of halogens is 1. The van der Waals surface area contributed by atoms with Crippen molar-refractivity contribution in [3.8, 4) is 11.4 Å². The minimum Gasteiger partial charge on any atom is -0.285 e. The highest BCUT2D eigenvalue weighted by Gasteiger charge is 2.00. The van der Waals surface area contributed by atoms with Crippen LogP contribution in [-0.4, -0.2) is 15.2 Å². The number of nitrogens with one attached hydrogen (secondary N) is 1. The van der Waals surface area contributed by atoms with Gasteiger partial charge in [-0.15, -0.1) is 0 Å². The molecule has 2 aromatic heterocycles. The highest BCUT2D eigenvalue weighted by Crippen LogP contribution is 2.12. The van der Waals surface area contributed by atoms with E-state index in [0.717, 1.165) is 0 Å². The second-order valence-corrected chi connectivity index (χ2v) is 2.32. The zero-order chi connectivity index (χ0) is 8.39. The number of aromatic nitrogens is 3. The molecule has 2 aromatic rings. The van der Waals surface area contributed by atoms with E-state index in [2.05, 4.69) is 15.2 Å². The summed E-state index contributed by atoms with van der Waals surface area (Å²) in [6, 6.07) is 4.38. The van der Waals surface area contributed by atoms with Gasteiger partial charge >= 0.3 is 0 Å². The Morgan fingerprint density at radius 2 is 2.17 bits per heavy atom. The molecule has 12 heavy (non-hydrogen) atoms. The number of aromatic amines is 1. The van der Waals surface area contributed by atoms with Gasteiger partial charge in [0.05, 0.1) is 5.69 Å². The van der Waals surface area contributed by atoms with E-state index in [-0.39, 0.29) is 5.82 Å². The first-order valence-electron chi connectivity index (χ1n) is 3.48. The Labute approximate surface area is 68.3 Å². The van der Waals surface area contributed by atoms with Crippen LogP contribution in [0.1, 0.15) is 0 Å². The minimum atomic E-state index is -0.303. The molecular formula is C8H6FN3. The number of hydrogen-bond acceptors (Lipinski definition) is 2. The summed E-state index contributed by atoms with van der Waals surface area (Å²) in [6.07, 6.45) is 3.08. The molecule has 0 spiro atoms. The minimum absolute atomic E-state index is 0.303. The third-order valence-corrected chi connectivity index (χ3v) is 1.49. The number of H-pyrrole nitrogens is 1. The lowest BCUT2D eigenvalue weighted by Crippen LogP contribution is -1.84. The highest BCUT2D eigenvalue weighted by atomic mass is 19.1. The molecule has 3 nitrogen and oxygen atoms in total. The van der Waals surface area contributed by atoms with Gasteiger partial charge in [-0.2, -0.15) is 5.10 Å². The van der Waals surface area contributed by atoms with E-state index in [0.29, 0.717) is 11.4 Å².